The van der Waals surface area contributed by atoms with Crippen molar-refractivity contribution in [1.29, 1.82) is 0 Å². The van der Waals surface area contributed by atoms with Crippen molar-refractivity contribution in [2.45, 2.75) is 25.3 Å². The summed E-state index contributed by atoms with van der Waals surface area (Å²) in [5.74, 6) is 3.35. The molecule has 2 atom stereocenters. The number of amides is 1. The molecule has 1 amide bonds. The largest absolute Gasteiger partial charge is 0.334 e. The fourth-order valence-corrected chi connectivity index (χ4v) is 3.87. The van der Waals surface area contributed by atoms with E-state index in [0.29, 0.717) is 11.3 Å². The third-order valence-electron chi connectivity index (χ3n) is 4.50. The number of ketones is 1. The Bertz CT molecular complexity index is 957. The van der Waals surface area contributed by atoms with Gasteiger partial charge in [-0.3, -0.25) is 14.6 Å². The molecule has 0 spiro atoms. The van der Waals surface area contributed by atoms with Crippen LogP contribution in [0, 0.1) is 17.7 Å². The standard InChI is InChI=1S/C20H15Cl2FN2O2/c1-3-4-11-7-14(21)17(15(22)8-11)18-19(26)16(25(2)20(18)27)9-13-6-5-12(23)10-24-13/h5-8,10,16,18H,9H2,1-2H3. The molecule has 27 heavy (non-hydrogen) atoms. The molecule has 0 N–H and O–H groups in total. The number of likely N-dealkylation sites (tertiary alicyclic amines) is 1. The highest BCUT2D eigenvalue weighted by atomic mass is 35.5. The Hall–Kier alpha value is -2.42. The van der Waals surface area contributed by atoms with Crippen LogP contribution in [-0.2, 0) is 16.0 Å². The van der Waals surface area contributed by atoms with Crippen LogP contribution in [0.25, 0.3) is 0 Å². The van der Waals surface area contributed by atoms with E-state index in [9.17, 15) is 14.0 Å². The van der Waals surface area contributed by atoms with Crippen LogP contribution >= 0.6 is 23.2 Å². The molecule has 0 bridgehead atoms. The molecule has 1 fully saturated rings. The Balaban J connectivity index is 1.95. The van der Waals surface area contributed by atoms with Gasteiger partial charge in [-0.25, -0.2) is 4.39 Å². The summed E-state index contributed by atoms with van der Waals surface area (Å²) in [6.07, 6.45) is 1.27. The fourth-order valence-electron chi connectivity index (χ4n) is 3.17. The van der Waals surface area contributed by atoms with Crippen molar-refractivity contribution < 1.29 is 14.0 Å². The van der Waals surface area contributed by atoms with Gasteiger partial charge in [0.1, 0.15) is 11.7 Å². The predicted octanol–water partition coefficient (Wildman–Crippen LogP) is 3.63. The molecular weight excluding hydrogens is 390 g/mol. The molecule has 0 saturated carbocycles. The minimum Gasteiger partial charge on any atom is -0.334 e. The van der Waals surface area contributed by atoms with E-state index in [1.54, 1.807) is 26.1 Å². The van der Waals surface area contributed by atoms with Gasteiger partial charge >= 0.3 is 0 Å². The highest BCUT2D eigenvalue weighted by Crippen LogP contribution is 2.39. The summed E-state index contributed by atoms with van der Waals surface area (Å²) in [5.41, 5.74) is 1.41. The minimum absolute atomic E-state index is 0.187. The third kappa shape index (κ3) is 3.69. The van der Waals surface area contributed by atoms with E-state index < -0.39 is 17.8 Å². The lowest BCUT2D eigenvalue weighted by atomic mass is 9.92. The second-order valence-electron chi connectivity index (χ2n) is 6.20. The van der Waals surface area contributed by atoms with Gasteiger partial charge in [0, 0.05) is 40.3 Å². The Kier molecular flexibility index (Phi) is 5.50. The number of hydrogen-bond acceptors (Lipinski definition) is 3. The molecule has 1 aliphatic heterocycles. The topological polar surface area (TPSA) is 50.3 Å². The number of pyridine rings is 1. The van der Waals surface area contributed by atoms with E-state index in [-0.39, 0.29) is 33.7 Å². The zero-order chi connectivity index (χ0) is 19.7. The van der Waals surface area contributed by atoms with Gasteiger partial charge in [-0.1, -0.05) is 29.1 Å². The smallest absolute Gasteiger partial charge is 0.238 e. The van der Waals surface area contributed by atoms with Gasteiger partial charge in [0.05, 0.1) is 12.2 Å². The summed E-state index contributed by atoms with van der Waals surface area (Å²) >= 11 is 12.6. The van der Waals surface area contributed by atoms with Crippen LogP contribution < -0.4 is 0 Å². The van der Waals surface area contributed by atoms with Crippen LogP contribution in [0.15, 0.2) is 30.5 Å². The number of aromatic nitrogens is 1. The van der Waals surface area contributed by atoms with Crippen LogP contribution in [0.3, 0.4) is 0 Å². The van der Waals surface area contributed by atoms with Crippen LogP contribution in [0.1, 0.15) is 29.7 Å². The molecule has 1 aromatic carbocycles. The highest BCUT2D eigenvalue weighted by Gasteiger charge is 2.47. The predicted molar refractivity (Wildman–Crippen MR) is 101 cm³/mol. The van der Waals surface area contributed by atoms with Crippen molar-refractivity contribution in [3.8, 4) is 11.8 Å². The molecule has 2 aromatic rings. The number of carbonyl (C=O) groups is 2. The van der Waals surface area contributed by atoms with Crippen LogP contribution in [0.4, 0.5) is 4.39 Å². The van der Waals surface area contributed by atoms with Crippen molar-refractivity contribution >= 4 is 34.9 Å². The third-order valence-corrected chi connectivity index (χ3v) is 5.13. The number of halogens is 3. The molecule has 1 aromatic heterocycles. The Labute approximate surface area is 166 Å². The van der Waals surface area contributed by atoms with Crippen molar-refractivity contribution in [3.63, 3.8) is 0 Å². The van der Waals surface area contributed by atoms with Gasteiger partial charge in [-0.05, 0) is 31.2 Å². The zero-order valence-electron chi connectivity index (χ0n) is 14.6. The Morgan fingerprint density at radius 2 is 1.89 bits per heavy atom. The highest BCUT2D eigenvalue weighted by molar-refractivity contribution is 6.37. The summed E-state index contributed by atoms with van der Waals surface area (Å²) in [6.45, 7) is 1.68. The number of benzene rings is 1. The van der Waals surface area contributed by atoms with E-state index in [0.717, 1.165) is 6.20 Å². The van der Waals surface area contributed by atoms with Gasteiger partial charge in [0.25, 0.3) is 0 Å². The first-order valence-corrected chi connectivity index (χ1v) is 8.91. The average Bonchev–Trinajstić information content (AvgIpc) is 2.81. The SMILES string of the molecule is CC#Cc1cc(Cl)c(C2C(=O)C(Cc3ccc(F)cn3)N(C)C2=O)c(Cl)c1. The normalized spacial score (nSPS) is 19.2. The number of Topliss-reactive ketones (excluding diaryl/α,β-unsaturated/α-hetero) is 1. The number of likely N-dealkylation sites (N-methyl/N-ethyl adjacent to an activating group) is 1. The maximum absolute atomic E-state index is 13.0. The number of carbonyl (C=O) groups excluding carboxylic acids is 2. The first-order valence-electron chi connectivity index (χ1n) is 8.16. The van der Waals surface area contributed by atoms with Crippen molar-refractivity contribution in [2.75, 3.05) is 7.05 Å². The fraction of sp³-hybridized carbons (Fsp3) is 0.250. The molecule has 3 rings (SSSR count). The lowest BCUT2D eigenvalue weighted by Gasteiger charge is -2.17. The van der Waals surface area contributed by atoms with Gasteiger partial charge in [0.15, 0.2) is 5.78 Å². The monoisotopic (exact) mass is 404 g/mol. The van der Waals surface area contributed by atoms with E-state index in [4.69, 9.17) is 23.2 Å². The van der Waals surface area contributed by atoms with Gasteiger partial charge in [-0.15, -0.1) is 5.92 Å². The average molecular weight is 405 g/mol. The molecule has 2 unspecified atom stereocenters. The van der Waals surface area contributed by atoms with E-state index >= 15 is 0 Å². The molecular formula is C20H15Cl2FN2O2. The molecule has 0 aliphatic carbocycles. The van der Waals surface area contributed by atoms with Gasteiger partial charge in [0.2, 0.25) is 5.91 Å². The van der Waals surface area contributed by atoms with E-state index in [1.165, 1.54) is 17.0 Å². The summed E-state index contributed by atoms with van der Waals surface area (Å²) in [7, 11) is 1.55. The van der Waals surface area contributed by atoms with Crippen molar-refractivity contribution in [1.82, 2.24) is 9.88 Å². The lowest BCUT2D eigenvalue weighted by Crippen LogP contribution is -2.33. The summed E-state index contributed by atoms with van der Waals surface area (Å²) in [5, 5.41) is 0.446. The van der Waals surface area contributed by atoms with Crippen LogP contribution in [0.2, 0.25) is 10.0 Å². The zero-order valence-corrected chi connectivity index (χ0v) is 16.1. The van der Waals surface area contributed by atoms with Gasteiger partial charge < -0.3 is 4.90 Å². The number of nitrogens with zero attached hydrogens (tertiary/aromatic N) is 2. The first kappa shape index (κ1) is 19.3. The molecule has 4 nitrogen and oxygen atoms in total. The second kappa shape index (κ2) is 7.67. The Morgan fingerprint density at radius 1 is 1.22 bits per heavy atom. The maximum Gasteiger partial charge on any atom is 0.238 e. The quantitative estimate of drug-likeness (QED) is 0.579. The number of rotatable bonds is 3. The molecule has 138 valence electrons. The van der Waals surface area contributed by atoms with Crippen molar-refractivity contribution in [3.05, 3.63) is 63.1 Å². The second-order valence-corrected chi connectivity index (χ2v) is 7.02. The summed E-state index contributed by atoms with van der Waals surface area (Å²) in [4.78, 5) is 31.1. The van der Waals surface area contributed by atoms with Crippen LogP contribution in [0.5, 0.6) is 0 Å². The summed E-state index contributed by atoms with van der Waals surface area (Å²) in [6, 6.07) is 5.22. The first-order chi connectivity index (χ1) is 12.8. The molecule has 1 aliphatic rings. The molecule has 2 heterocycles. The molecule has 1 saturated heterocycles. The number of hydrogen-bond donors (Lipinski definition) is 0. The molecule has 0 radical (unpaired) electrons. The van der Waals surface area contributed by atoms with Crippen LogP contribution in [-0.4, -0.2) is 34.7 Å². The lowest BCUT2D eigenvalue weighted by molar-refractivity contribution is -0.129. The van der Waals surface area contributed by atoms with E-state index in [1.807, 2.05) is 0 Å². The minimum atomic E-state index is -1.08. The maximum atomic E-state index is 13.0. The summed E-state index contributed by atoms with van der Waals surface area (Å²) < 4.78 is 13.0. The Morgan fingerprint density at radius 3 is 2.44 bits per heavy atom. The van der Waals surface area contributed by atoms with Crippen molar-refractivity contribution in [2.24, 2.45) is 0 Å². The van der Waals surface area contributed by atoms with E-state index in [2.05, 4.69) is 16.8 Å². The van der Waals surface area contributed by atoms with Gasteiger partial charge in [-0.2, -0.15) is 0 Å². The molecule has 7 heteroatoms.